The van der Waals surface area contributed by atoms with Crippen LogP contribution in [0.3, 0.4) is 0 Å². The Bertz CT molecular complexity index is 453. The molecule has 0 spiro atoms. The van der Waals surface area contributed by atoms with Gasteiger partial charge >= 0.3 is 0 Å². The molecule has 1 aliphatic carbocycles. The molecule has 1 N–H and O–H groups in total. The lowest BCUT2D eigenvalue weighted by Crippen LogP contribution is -2.37. The molecule has 0 heterocycles. The second-order valence-corrected chi connectivity index (χ2v) is 6.46. The number of rotatable bonds is 3. The van der Waals surface area contributed by atoms with Crippen molar-refractivity contribution in [3.63, 3.8) is 0 Å². The summed E-state index contributed by atoms with van der Waals surface area (Å²) in [4.78, 5) is 12.1. The first kappa shape index (κ1) is 14.4. The lowest BCUT2D eigenvalue weighted by Gasteiger charge is -2.19. The first-order chi connectivity index (χ1) is 8.61. The van der Waals surface area contributed by atoms with Crippen LogP contribution in [-0.4, -0.2) is 17.3 Å². The van der Waals surface area contributed by atoms with Gasteiger partial charge in [-0.25, -0.2) is 0 Å². The minimum Gasteiger partial charge on any atom is -0.349 e. The second kappa shape index (κ2) is 6.40. The van der Waals surface area contributed by atoms with Crippen molar-refractivity contribution in [2.45, 2.75) is 25.3 Å². The first-order valence-electron chi connectivity index (χ1n) is 5.93. The zero-order valence-electron chi connectivity index (χ0n) is 9.76. The molecule has 98 valence electrons. The van der Waals surface area contributed by atoms with Crippen LogP contribution in [0.4, 0.5) is 0 Å². The Morgan fingerprint density at radius 3 is 2.89 bits per heavy atom. The molecule has 0 aromatic heterocycles. The molecule has 5 heteroatoms. The fourth-order valence-corrected chi connectivity index (χ4v) is 3.50. The van der Waals surface area contributed by atoms with Gasteiger partial charge in [-0.2, -0.15) is 0 Å². The van der Waals surface area contributed by atoms with Crippen molar-refractivity contribution in [1.29, 1.82) is 0 Å². The number of carbonyl (C=O) groups is 1. The van der Waals surface area contributed by atoms with E-state index in [1.165, 1.54) is 12.8 Å². The third kappa shape index (κ3) is 3.28. The quantitative estimate of drug-likeness (QED) is 0.756. The lowest BCUT2D eigenvalue weighted by atomic mass is 10.1. The predicted octanol–water partition coefficient (Wildman–Crippen LogP) is 4.40. The molecule has 1 amide bonds. The normalized spacial score (nSPS) is 23.1. The molecular weight excluding hydrogens is 381 g/mol. The van der Waals surface area contributed by atoms with Crippen LogP contribution in [0.15, 0.2) is 22.7 Å². The third-order valence-electron chi connectivity index (χ3n) is 3.36. The van der Waals surface area contributed by atoms with Gasteiger partial charge in [0.2, 0.25) is 0 Å². The molecule has 1 fully saturated rings. The van der Waals surface area contributed by atoms with E-state index in [1.54, 1.807) is 18.2 Å². The summed E-state index contributed by atoms with van der Waals surface area (Å²) in [5.41, 5.74) is 0.614. The SMILES string of the molecule is O=C(NC1CCCC1CBr)c1ccc(Br)c(Cl)c1. The first-order valence-corrected chi connectivity index (χ1v) is 8.23. The van der Waals surface area contributed by atoms with Crippen molar-refractivity contribution in [3.05, 3.63) is 33.3 Å². The largest absolute Gasteiger partial charge is 0.349 e. The molecule has 2 nitrogen and oxygen atoms in total. The highest BCUT2D eigenvalue weighted by Crippen LogP contribution is 2.28. The van der Waals surface area contributed by atoms with Crippen LogP contribution in [0.5, 0.6) is 0 Å². The Balaban J connectivity index is 2.05. The molecule has 2 rings (SSSR count). The molecule has 1 aromatic carbocycles. The van der Waals surface area contributed by atoms with Crippen LogP contribution in [0.2, 0.25) is 5.02 Å². The highest BCUT2D eigenvalue weighted by molar-refractivity contribution is 9.10. The number of hydrogen-bond acceptors (Lipinski definition) is 1. The average molecular weight is 396 g/mol. The van der Waals surface area contributed by atoms with Crippen molar-refractivity contribution in [2.24, 2.45) is 5.92 Å². The molecule has 0 bridgehead atoms. The Kier molecular flexibility index (Phi) is 5.10. The van der Waals surface area contributed by atoms with E-state index < -0.39 is 0 Å². The van der Waals surface area contributed by atoms with Crippen LogP contribution < -0.4 is 5.32 Å². The van der Waals surface area contributed by atoms with Gasteiger partial charge in [0.15, 0.2) is 0 Å². The maximum absolute atomic E-state index is 12.1. The van der Waals surface area contributed by atoms with E-state index in [0.29, 0.717) is 16.5 Å². The van der Waals surface area contributed by atoms with Crippen molar-refractivity contribution in [2.75, 3.05) is 5.33 Å². The number of nitrogens with one attached hydrogen (secondary N) is 1. The molecule has 0 saturated heterocycles. The molecule has 1 aliphatic rings. The number of halogens is 3. The summed E-state index contributed by atoms with van der Waals surface area (Å²) in [6.07, 6.45) is 3.42. The Morgan fingerprint density at radius 2 is 2.22 bits per heavy atom. The fourth-order valence-electron chi connectivity index (χ4n) is 2.30. The van der Waals surface area contributed by atoms with Crippen LogP contribution in [-0.2, 0) is 0 Å². The summed E-state index contributed by atoms with van der Waals surface area (Å²) in [5, 5.41) is 4.60. The minimum atomic E-state index is -0.0396. The number of alkyl halides is 1. The van der Waals surface area contributed by atoms with Crippen molar-refractivity contribution in [3.8, 4) is 0 Å². The van der Waals surface area contributed by atoms with Gasteiger partial charge in [0.05, 0.1) is 5.02 Å². The van der Waals surface area contributed by atoms with Crippen LogP contribution in [0.1, 0.15) is 29.6 Å². The highest BCUT2D eigenvalue weighted by Gasteiger charge is 2.27. The summed E-state index contributed by atoms with van der Waals surface area (Å²) < 4.78 is 0.805. The van der Waals surface area contributed by atoms with E-state index in [4.69, 9.17) is 11.6 Å². The zero-order chi connectivity index (χ0) is 13.1. The van der Waals surface area contributed by atoms with E-state index in [0.717, 1.165) is 16.2 Å². The highest BCUT2D eigenvalue weighted by atomic mass is 79.9. The van der Waals surface area contributed by atoms with Gasteiger partial charge in [-0.15, -0.1) is 0 Å². The number of amides is 1. The predicted molar refractivity (Wildman–Crippen MR) is 81.5 cm³/mol. The molecule has 2 unspecified atom stereocenters. The number of benzene rings is 1. The van der Waals surface area contributed by atoms with Gasteiger partial charge in [0, 0.05) is 21.4 Å². The van der Waals surface area contributed by atoms with Gasteiger partial charge in [0.1, 0.15) is 0 Å². The maximum atomic E-state index is 12.1. The topological polar surface area (TPSA) is 29.1 Å². The van der Waals surface area contributed by atoms with Crippen molar-refractivity contribution in [1.82, 2.24) is 5.32 Å². The summed E-state index contributed by atoms with van der Waals surface area (Å²) in [5.74, 6) is 0.502. The minimum absolute atomic E-state index is 0.0396. The van der Waals surface area contributed by atoms with Crippen LogP contribution in [0.25, 0.3) is 0 Å². The third-order valence-corrected chi connectivity index (χ3v) is 5.42. The molecule has 2 atom stereocenters. The van der Waals surface area contributed by atoms with Crippen molar-refractivity contribution >= 4 is 49.4 Å². The van der Waals surface area contributed by atoms with Crippen LogP contribution in [0, 0.1) is 5.92 Å². The molecular formula is C13H14Br2ClNO. The summed E-state index contributed by atoms with van der Waals surface area (Å²) in [6, 6.07) is 5.55. The Morgan fingerprint density at radius 1 is 1.44 bits per heavy atom. The van der Waals surface area contributed by atoms with E-state index >= 15 is 0 Å². The molecule has 1 aromatic rings. The smallest absolute Gasteiger partial charge is 0.251 e. The van der Waals surface area contributed by atoms with Crippen molar-refractivity contribution < 1.29 is 4.79 Å². The second-order valence-electron chi connectivity index (χ2n) is 4.55. The average Bonchev–Trinajstić information content (AvgIpc) is 2.79. The maximum Gasteiger partial charge on any atom is 0.251 e. The van der Waals surface area contributed by atoms with E-state index in [2.05, 4.69) is 37.2 Å². The Hall–Kier alpha value is -0.0600. The van der Waals surface area contributed by atoms with E-state index in [9.17, 15) is 4.79 Å². The monoisotopic (exact) mass is 393 g/mol. The van der Waals surface area contributed by atoms with Gasteiger partial charge in [0.25, 0.3) is 5.91 Å². The van der Waals surface area contributed by atoms with Gasteiger partial charge in [-0.05, 0) is 52.9 Å². The van der Waals surface area contributed by atoms with E-state index in [1.807, 2.05) is 0 Å². The van der Waals surface area contributed by atoms with Gasteiger partial charge in [-0.1, -0.05) is 34.0 Å². The lowest BCUT2D eigenvalue weighted by molar-refractivity contribution is 0.0930. The molecule has 0 radical (unpaired) electrons. The van der Waals surface area contributed by atoms with E-state index in [-0.39, 0.29) is 11.9 Å². The van der Waals surface area contributed by atoms with Gasteiger partial charge < -0.3 is 5.32 Å². The zero-order valence-corrected chi connectivity index (χ0v) is 13.7. The van der Waals surface area contributed by atoms with Gasteiger partial charge in [-0.3, -0.25) is 4.79 Å². The fraction of sp³-hybridized carbons (Fsp3) is 0.462. The molecule has 1 saturated carbocycles. The summed E-state index contributed by atoms with van der Waals surface area (Å²) in [6.45, 7) is 0. The molecule has 18 heavy (non-hydrogen) atoms. The number of carbonyl (C=O) groups excluding carboxylic acids is 1. The standard InChI is InChI=1S/C13H14Br2ClNO/c14-7-9-2-1-3-12(9)17-13(18)8-4-5-10(15)11(16)6-8/h4-6,9,12H,1-3,7H2,(H,17,18). The summed E-state index contributed by atoms with van der Waals surface area (Å²) >= 11 is 12.8. The van der Waals surface area contributed by atoms with Crippen LogP contribution >= 0.6 is 43.5 Å². The molecule has 0 aliphatic heterocycles. The number of hydrogen-bond donors (Lipinski definition) is 1. The Labute approximate surface area is 129 Å². The summed E-state index contributed by atoms with van der Waals surface area (Å²) in [7, 11) is 0.